The van der Waals surface area contributed by atoms with E-state index in [0.717, 1.165) is 6.42 Å². The Morgan fingerprint density at radius 1 is 1.75 bits per heavy atom. The summed E-state index contributed by atoms with van der Waals surface area (Å²) in [5, 5.41) is -0.314. The van der Waals surface area contributed by atoms with Crippen molar-refractivity contribution in [3.8, 4) is 0 Å². The fourth-order valence-corrected chi connectivity index (χ4v) is 2.81. The molecule has 4 heteroatoms. The van der Waals surface area contributed by atoms with Crippen molar-refractivity contribution >= 4 is 23.4 Å². The van der Waals surface area contributed by atoms with Crippen molar-refractivity contribution in [1.82, 2.24) is 0 Å². The van der Waals surface area contributed by atoms with E-state index in [2.05, 4.69) is 4.74 Å². The Labute approximate surface area is 75.0 Å². The van der Waals surface area contributed by atoms with Gasteiger partial charge in [-0.25, -0.2) is 0 Å². The molecule has 0 aromatic rings. The van der Waals surface area contributed by atoms with Crippen LogP contribution < -0.4 is 0 Å². The molecule has 0 aromatic carbocycles. The summed E-state index contributed by atoms with van der Waals surface area (Å²) in [4.78, 5) is 22.6. The van der Waals surface area contributed by atoms with Gasteiger partial charge >= 0.3 is 5.97 Å². The minimum Gasteiger partial charge on any atom is -0.468 e. The molecule has 0 bridgehead atoms. The zero-order valence-electron chi connectivity index (χ0n) is 6.67. The highest BCUT2D eigenvalue weighted by atomic mass is 35.5. The molecule has 0 N–H and O–H groups in total. The first-order chi connectivity index (χ1) is 5.65. The van der Waals surface area contributed by atoms with Crippen molar-refractivity contribution in [2.45, 2.75) is 18.2 Å². The third-order valence-corrected chi connectivity index (χ3v) is 3.58. The first-order valence-corrected chi connectivity index (χ1v) is 4.35. The molecule has 0 aliphatic heterocycles. The highest BCUT2D eigenvalue weighted by molar-refractivity contribution is 6.31. The van der Waals surface area contributed by atoms with E-state index in [9.17, 15) is 9.59 Å². The lowest BCUT2D eigenvalue weighted by atomic mass is 10.0. The lowest BCUT2D eigenvalue weighted by Crippen LogP contribution is -2.27. The van der Waals surface area contributed by atoms with Crippen molar-refractivity contribution in [1.29, 1.82) is 0 Å². The van der Waals surface area contributed by atoms with E-state index in [4.69, 9.17) is 11.6 Å². The van der Waals surface area contributed by atoms with Crippen LogP contribution in [0.2, 0.25) is 0 Å². The number of hydrogen-bond donors (Lipinski definition) is 0. The lowest BCUT2D eigenvalue weighted by Gasteiger charge is -2.07. The second-order valence-corrected chi connectivity index (χ2v) is 3.80. The number of hydrogen-bond acceptors (Lipinski definition) is 3. The van der Waals surface area contributed by atoms with Gasteiger partial charge in [0.1, 0.15) is 5.41 Å². The number of ether oxygens (including phenoxy) is 1. The maximum atomic E-state index is 11.4. The number of Topliss-reactive ketones (excluding diaryl/α,β-unsaturated/α-hetero) is 1. The van der Waals surface area contributed by atoms with Gasteiger partial charge in [-0.3, -0.25) is 9.59 Å². The molecule has 0 radical (unpaired) electrons. The van der Waals surface area contributed by atoms with E-state index in [1.165, 1.54) is 7.11 Å². The minimum absolute atomic E-state index is 0.0408. The maximum absolute atomic E-state index is 11.4. The summed E-state index contributed by atoms with van der Waals surface area (Å²) in [6.45, 7) is 0. The molecule has 12 heavy (non-hydrogen) atoms. The fraction of sp³-hybridized carbons (Fsp3) is 0.750. The summed E-state index contributed by atoms with van der Waals surface area (Å²) in [7, 11) is 1.29. The standard InChI is InChI=1S/C8H9ClO3/c1-12-7(11)8-4(6(8)9)2-3-5(8)10/h4,6H,2-3H2,1H3/t4-,6+,8-/m1/s1. The minimum atomic E-state index is -0.948. The highest BCUT2D eigenvalue weighted by Crippen LogP contribution is 2.64. The summed E-state index contributed by atoms with van der Waals surface area (Å²) in [5.74, 6) is -0.450. The van der Waals surface area contributed by atoms with E-state index in [1.54, 1.807) is 0 Å². The van der Waals surface area contributed by atoms with Gasteiger partial charge in [0.2, 0.25) is 0 Å². The first-order valence-electron chi connectivity index (χ1n) is 3.91. The molecule has 2 saturated carbocycles. The van der Waals surface area contributed by atoms with Crippen molar-refractivity contribution < 1.29 is 14.3 Å². The summed E-state index contributed by atoms with van der Waals surface area (Å²) in [5.41, 5.74) is -0.948. The molecule has 2 aliphatic rings. The molecular weight excluding hydrogens is 180 g/mol. The van der Waals surface area contributed by atoms with Crippen LogP contribution >= 0.6 is 11.6 Å². The number of methoxy groups -OCH3 is 1. The number of halogens is 1. The predicted molar refractivity (Wildman–Crippen MR) is 41.8 cm³/mol. The van der Waals surface area contributed by atoms with Crippen LogP contribution in [0.15, 0.2) is 0 Å². The zero-order chi connectivity index (χ0) is 8.93. The second kappa shape index (κ2) is 2.22. The van der Waals surface area contributed by atoms with E-state index in [-0.39, 0.29) is 17.1 Å². The summed E-state index contributed by atoms with van der Waals surface area (Å²) in [6, 6.07) is 0. The molecule has 66 valence electrons. The Kier molecular flexibility index (Phi) is 1.49. The van der Waals surface area contributed by atoms with Gasteiger partial charge < -0.3 is 4.74 Å². The fourth-order valence-electron chi connectivity index (χ4n) is 2.19. The molecule has 2 rings (SSSR count). The number of alkyl halides is 1. The Hall–Kier alpha value is -0.570. The number of carbonyl (C=O) groups excluding carboxylic acids is 2. The zero-order valence-corrected chi connectivity index (χ0v) is 7.43. The molecular formula is C8H9ClO3. The highest BCUT2D eigenvalue weighted by Gasteiger charge is 2.76. The maximum Gasteiger partial charge on any atom is 0.321 e. The van der Waals surface area contributed by atoms with Crippen LogP contribution in [0, 0.1) is 11.3 Å². The average molecular weight is 189 g/mol. The van der Waals surface area contributed by atoms with E-state index in [1.807, 2.05) is 0 Å². The third kappa shape index (κ3) is 0.637. The monoisotopic (exact) mass is 188 g/mol. The van der Waals surface area contributed by atoms with Crippen molar-refractivity contribution in [3.05, 3.63) is 0 Å². The van der Waals surface area contributed by atoms with Crippen LogP contribution in [0.1, 0.15) is 12.8 Å². The molecule has 0 saturated heterocycles. The topological polar surface area (TPSA) is 43.4 Å². The first kappa shape index (κ1) is 8.05. The molecule has 0 heterocycles. The number of esters is 1. The molecule has 3 atom stereocenters. The number of ketones is 1. The largest absolute Gasteiger partial charge is 0.468 e. The van der Waals surface area contributed by atoms with Crippen molar-refractivity contribution in [3.63, 3.8) is 0 Å². The van der Waals surface area contributed by atoms with Crippen LogP contribution in [-0.2, 0) is 14.3 Å². The number of carbonyl (C=O) groups is 2. The van der Waals surface area contributed by atoms with Crippen LogP contribution in [0.3, 0.4) is 0 Å². The van der Waals surface area contributed by atoms with Crippen LogP contribution in [0.4, 0.5) is 0 Å². The van der Waals surface area contributed by atoms with E-state index >= 15 is 0 Å². The predicted octanol–water partition coefficient (Wildman–Crippen LogP) is 0.746. The quantitative estimate of drug-likeness (QED) is 0.347. The number of rotatable bonds is 1. The van der Waals surface area contributed by atoms with Gasteiger partial charge in [0, 0.05) is 12.3 Å². The van der Waals surface area contributed by atoms with Gasteiger partial charge in [0.15, 0.2) is 5.78 Å². The molecule has 0 unspecified atom stereocenters. The molecule has 2 aliphatic carbocycles. The van der Waals surface area contributed by atoms with Gasteiger partial charge in [0.05, 0.1) is 12.5 Å². The third-order valence-electron chi connectivity index (χ3n) is 2.93. The SMILES string of the molecule is COC(=O)[C@@]12C(=O)CC[C@@H]1[C@@H]2Cl. The number of fused-ring (bicyclic) bond motifs is 1. The van der Waals surface area contributed by atoms with Gasteiger partial charge in [0.25, 0.3) is 0 Å². The Balaban J connectivity index is 2.31. The Morgan fingerprint density at radius 2 is 2.42 bits per heavy atom. The Morgan fingerprint density at radius 3 is 2.83 bits per heavy atom. The molecule has 0 spiro atoms. The summed E-state index contributed by atoms with van der Waals surface area (Å²) >= 11 is 5.86. The summed E-state index contributed by atoms with van der Waals surface area (Å²) in [6.07, 6.45) is 1.21. The molecule has 3 nitrogen and oxygen atoms in total. The van der Waals surface area contributed by atoms with Crippen LogP contribution in [-0.4, -0.2) is 24.2 Å². The van der Waals surface area contributed by atoms with E-state index in [0.29, 0.717) is 6.42 Å². The molecule has 2 fully saturated rings. The van der Waals surface area contributed by atoms with Gasteiger partial charge in [-0.2, -0.15) is 0 Å². The molecule has 0 aromatic heterocycles. The van der Waals surface area contributed by atoms with Crippen LogP contribution in [0.5, 0.6) is 0 Å². The normalized spacial score (nSPS) is 44.0. The van der Waals surface area contributed by atoms with Crippen molar-refractivity contribution in [2.75, 3.05) is 7.11 Å². The van der Waals surface area contributed by atoms with Gasteiger partial charge in [-0.15, -0.1) is 11.6 Å². The smallest absolute Gasteiger partial charge is 0.321 e. The lowest BCUT2D eigenvalue weighted by molar-refractivity contribution is -0.150. The van der Waals surface area contributed by atoms with Crippen LogP contribution in [0.25, 0.3) is 0 Å². The van der Waals surface area contributed by atoms with Gasteiger partial charge in [-0.05, 0) is 6.42 Å². The molecule has 0 amide bonds. The van der Waals surface area contributed by atoms with Crippen molar-refractivity contribution in [2.24, 2.45) is 11.3 Å². The second-order valence-electron chi connectivity index (χ2n) is 3.33. The van der Waals surface area contributed by atoms with Gasteiger partial charge in [-0.1, -0.05) is 0 Å². The Bertz CT molecular complexity index is 263. The average Bonchev–Trinajstić information content (AvgIpc) is 2.48. The van der Waals surface area contributed by atoms with E-state index < -0.39 is 11.4 Å². The summed E-state index contributed by atoms with van der Waals surface area (Å²) < 4.78 is 4.58.